The van der Waals surface area contributed by atoms with Crippen LogP contribution in [0.5, 0.6) is 0 Å². The van der Waals surface area contributed by atoms with Gasteiger partial charge in [0.05, 0.1) is 0 Å². The first-order valence-corrected chi connectivity index (χ1v) is 9.65. The lowest BCUT2D eigenvalue weighted by molar-refractivity contribution is 0.593. The predicted molar refractivity (Wildman–Crippen MR) is 81.6 cm³/mol. The minimum absolute atomic E-state index is 0.813. The van der Waals surface area contributed by atoms with E-state index in [4.69, 9.17) is 0 Å². The van der Waals surface area contributed by atoms with Gasteiger partial charge in [0.2, 0.25) is 0 Å². The van der Waals surface area contributed by atoms with Gasteiger partial charge in [-0.2, -0.15) is 0 Å². The first-order chi connectivity index (χ1) is 7.93. The first kappa shape index (κ1) is 14.5. The van der Waals surface area contributed by atoms with Crippen molar-refractivity contribution >= 4 is 22.7 Å². The third kappa shape index (κ3) is 7.67. The predicted octanol–water partition coefficient (Wildman–Crippen LogP) is 4.62. The largest absolute Gasteiger partial charge is 0.153 e. The molecule has 0 aromatic rings. The number of unbranched alkanes of at least 4 members (excludes halogenated alkanes) is 7. The molecule has 2 heteroatoms. The van der Waals surface area contributed by atoms with Crippen molar-refractivity contribution in [3.63, 3.8) is 0 Å². The van der Waals surface area contributed by atoms with Crippen LogP contribution in [0.1, 0.15) is 51.4 Å². The van der Waals surface area contributed by atoms with E-state index in [2.05, 4.69) is 18.3 Å². The Morgan fingerprint density at radius 3 is 2.31 bits per heavy atom. The van der Waals surface area contributed by atoms with Gasteiger partial charge in [0.1, 0.15) is 11.5 Å². The molecular formula is C14H27S2+. The molecule has 94 valence electrons. The SMILES string of the molecule is C=CCCCCCCCCC[S+]1CCSC1. The van der Waals surface area contributed by atoms with E-state index < -0.39 is 0 Å². The Labute approximate surface area is 109 Å². The number of hydrogen-bond donors (Lipinski definition) is 0. The molecule has 1 aliphatic heterocycles. The van der Waals surface area contributed by atoms with Crippen LogP contribution in [0.25, 0.3) is 0 Å². The van der Waals surface area contributed by atoms with Crippen molar-refractivity contribution in [1.82, 2.24) is 0 Å². The number of thioether (sulfide) groups is 1. The summed E-state index contributed by atoms with van der Waals surface area (Å²) >= 11 is 2.17. The molecule has 0 saturated carbocycles. The van der Waals surface area contributed by atoms with Crippen molar-refractivity contribution in [3.05, 3.63) is 12.7 Å². The van der Waals surface area contributed by atoms with Crippen LogP contribution >= 0.6 is 11.8 Å². The fourth-order valence-electron chi connectivity index (χ4n) is 2.05. The summed E-state index contributed by atoms with van der Waals surface area (Å²) in [6.45, 7) is 3.76. The third-order valence-corrected chi connectivity index (χ3v) is 7.51. The minimum Gasteiger partial charge on any atom is -0.104 e. The van der Waals surface area contributed by atoms with Crippen LogP contribution in [0.15, 0.2) is 12.7 Å². The van der Waals surface area contributed by atoms with Crippen LogP contribution in [0.4, 0.5) is 0 Å². The van der Waals surface area contributed by atoms with Crippen molar-refractivity contribution < 1.29 is 0 Å². The van der Waals surface area contributed by atoms with Crippen molar-refractivity contribution in [3.8, 4) is 0 Å². The zero-order valence-corrected chi connectivity index (χ0v) is 12.2. The van der Waals surface area contributed by atoms with Gasteiger partial charge in [-0.1, -0.05) is 31.8 Å². The van der Waals surface area contributed by atoms with Crippen molar-refractivity contribution in [2.45, 2.75) is 51.4 Å². The second-order valence-corrected chi connectivity index (χ2v) is 8.40. The molecule has 0 amide bonds. The molecule has 16 heavy (non-hydrogen) atoms. The second-order valence-electron chi connectivity index (χ2n) is 4.60. The number of rotatable bonds is 10. The van der Waals surface area contributed by atoms with Crippen LogP contribution in [0, 0.1) is 0 Å². The third-order valence-electron chi connectivity index (χ3n) is 3.11. The highest BCUT2D eigenvalue weighted by Crippen LogP contribution is 2.20. The molecule has 0 nitrogen and oxygen atoms in total. The molecule has 0 radical (unpaired) electrons. The van der Waals surface area contributed by atoms with Gasteiger partial charge < -0.3 is 0 Å². The fourth-order valence-corrected chi connectivity index (χ4v) is 6.64. The van der Waals surface area contributed by atoms with Gasteiger partial charge in [-0.25, -0.2) is 0 Å². The van der Waals surface area contributed by atoms with Crippen LogP contribution in [0.2, 0.25) is 0 Å². The average molecular weight is 260 g/mol. The Balaban J connectivity index is 1.72. The topological polar surface area (TPSA) is 0 Å². The summed E-state index contributed by atoms with van der Waals surface area (Å²) in [5.41, 5.74) is 0. The number of allylic oxidation sites excluding steroid dienone is 1. The Bertz CT molecular complexity index is 162. The second kappa shape index (κ2) is 10.6. The molecule has 0 bridgehead atoms. The van der Waals surface area contributed by atoms with Gasteiger partial charge in [-0.15, -0.1) is 18.3 Å². The average Bonchev–Trinajstić information content (AvgIpc) is 2.80. The summed E-state index contributed by atoms with van der Waals surface area (Å²) in [6.07, 6.45) is 13.4. The fraction of sp³-hybridized carbons (Fsp3) is 0.857. The zero-order valence-electron chi connectivity index (χ0n) is 10.6. The van der Waals surface area contributed by atoms with Gasteiger partial charge in [0, 0.05) is 5.75 Å². The molecule has 1 aliphatic rings. The minimum atomic E-state index is 0.813. The van der Waals surface area contributed by atoms with Crippen molar-refractivity contribution in [2.24, 2.45) is 0 Å². The van der Waals surface area contributed by atoms with Gasteiger partial charge in [-0.05, 0) is 36.6 Å². The maximum Gasteiger partial charge on any atom is 0.153 e. The highest BCUT2D eigenvalue weighted by Gasteiger charge is 2.23. The summed E-state index contributed by atoms with van der Waals surface area (Å²) in [5, 5.41) is 1.47. The summed E-state index contributed by atoms with van der Waals surface area (Å²) in [6, 6.07) is 0. The molecule has 0 aromatic heterocycles. The monoisotopic (exact) mass is 259 g/mol. The molecule has 1 unspecified atom stereocenters. The van der Waals surface area contributed by atoms with Gasteiger partial charge in [-0.3, -0.25) is 0 Å². The maximum atomic E-state index is 3.76. The molecule has 1 atom stereocenters. The summed E-state index contributed by atoms with van der Waals surface area (Å²) in [4.78, 5) is 0. The zero-order chi connectivity index (χ0) is 11.5. The van der Waals surface area contributed by atoms with E-state index in [0.717, 1.165) is 10.9 Å². The molecule has 1 rings (SSSR count). The Morgan fingerprint density at radius 2 is 1.69 bits per heavy atom. The standard InChI is InChI=1S/C14H27S2/c1-2-3-4-5-6-7-8-9-10-12-16-13-11-15-14-16/h2H,1,3-14H2/q+1. The molecule has 1 saturated heterocycles. The molecule has 1 fully saturated rings. The molecule has 0 spiro atoms. The van der Waals surface area contributed by atoms with E-state index in [1.165, 1.54) is 73.7 Å². The molecule has 0 N–H and O–H groups in total. The highest BCUT2D eigenvalue weighted by molar-refractivity contribution is 8.17. The normalized spacial score (nSPS) is 20.1. The maximum absolute atomic E-state index is 3.76. The summed E-state index contributed by atoms with van der Waals surface area (Å²) in [5.74, 6) is 4.49. The van der Waals surface area contributed by atoms with Crippen LogP contribution in [-0.2, 0) is 10.9 Å². The van der Waals surface area contributed by atoms with E-state index in [9.17, 15) is 0 Å². The van der Waals surface area contributed by atoms with E-state index in [1.807, 2.05) is 6.08 Å². The van der Waals surface area contributed by atoms with Crippen LogP contribution in [0.3, 0.4) is 0 Å². The van der Waals surface area contributed by atoms with E-state index in [-0.39, 0.29) is 0 Å². The quantitative estimate of drug-likeness (QED) is 0.313. The Hall–Kier alpha value is 0.440. The van der Waals surface area contributed by atoms with Crippen LogP contribution < -0.4 is 0 Å². The van der Waals surface area contributed by atoms with Gasteiger partial charge >= 0.3 is 0 Å². The Kier molecular flexibility index (Phi) is 9.59. The number of hydrogen-bond acceptors (Lipinski definition) is 1. The van der Waals surface area contributed by atoms with Crippen LogP contribution in [-0.4, -0.2) is 22.3 Å². The van der Waals surface area contributed by atoms with Gasteiger partial charge in [0.25, 0.3) is 0 Å². The Morgan fingerprint density at radius 1 is 1.00 bits per heavy atom. The highest BCUT2D eigenvalue weighted by atomic mass is 32.2. The molecule has 1 heterocycles. The molecule has 0 aromatic carbocycles. The van der Waals surface area contributed by atoms with Crippen molar-refractivity contribution in [1.29, 1.82) is 0 Å². The van der Waals surface area contributed by atoms with Crippen molar-refractivity contribution in [2.75, 3.05) is 22.3 Å². The van der Waals surface area contributed by atoms with Gasteiger partial charge in [0.15, 0.2) is 5.08 Å². The summed E-state index contributed by atoms with van der Waals surface area (Å²) in [7, 11) is 0.813. The lowest BCUT2D eigenvalue weighted by atomic mass is 10.1. The first-order valence-electron chi connectivity index (χ1n) is 6.76. The molecule has 0 aliphatic carbocycles. The van der Waals surface area contributed by atoms with E-state index in [0.29, 0.717) is 0 Å². The smallest absolute Gasteiger partial charge is 0.104 e. The molecular weight excluding hydrogens is 232 g/mol. The lowest BCUT2D eigenvalue weighted by Gasteiger charge is -2.01. The summed E-state index contributed by atoms with van der Waals surface area (Å²) < 4.78 is 0. The van der Waals surface area contributed by atoms with E-state index >= 15 is 0 Å². The van der Waals surface area contributed by atoms with E-state index in [1.54, 1.807) is 0 Å². The lowest BCUT2D eigenvalue weighted by Crippen LogP contribution is -2.08.